The molecule has 33 heavy (non-hydrogen) atoms. The van der Waals surface area contributed by atoms with Crippen LogP contribution in [-0.4, -0.2) is 30.6 Å². The zero-order valence-corrected chi connectivity index (χ0v) is 18.0. The van der Waals surface area contributed by atoms with E-state index in [1.165, 1.54) is 12.1 Å². The summed E-state index contributed by atoms with van der Waals surface area (Å²) in [4.78, 5) is 17.6. The minimum atomic E-state index is -0.697. The first-order valence-electron chi connectivity index (χ1n) is 11.1. The van der Waals surface area contributed by atoms with E-state index in [0.29, 0.717) is 51.7 Å². The van der Waals surface area contributed by atoms with Gasteiger partial charge in [-0.05, 0) is 72.7 Å². The summed E-state index contributed by atoms with van der Waals surface area (Å²) in [6, 6.07) is 12.1. The zero-order valence-electron chi connectivity index (χ0n) is 18.0. The third-order valence-electron chi connectivity index (χ3n) is 6.22. The lowest BCUT2D eigenvalue weighted by atomic mass is 9.95. The van der Waals surface area contributed by atoms with Crippen LogP contribution in [0.2, 0.25) is 0 Å². The molecule has 3 aromatic rings. The first kappa shape index (κ1) is 21.5. The number of ketones is 1. The Morgan fingerprint density at radius 1 is 0.939 bits per heavy atom. The standard InChI is InChI=1S/C27H23F2NO3/c28-20-12-19(13-21(29)14-20)25-23-4-3-22(33-11-7-17-5-9-32-10-6-17)15-24(23)27(31)26(25)18-2-1-8-30-16-18/h1-4,8,12-17H,5-7,9-11H2. The number of carbonyl (C=O) groups is 1. The van der Waals surface area contributed by atoms with Crippen LogP contribution in [0, 0.1) is 17.6 Å². The summed E-state index contributed by atoms with van der Waals surface area (Å²) in [6.07, 6.45) is 6.21. The molecule has 1 aliphatic carbocycles. The van der Waals surface area contributed by atoms with Gasteiger partial charge in [-0.2, -0.15) is 0 Å². The summed E-state index contributed by atoms with van der Waals surface area (Å²) in [5.74, 6) is -0.420. The molecule has 5 rings (SSSR count). The smallest absolute Gasteiger partial charge is 0.195 e. The lowest BCUT2D eigenvalue weighted by Crippen LogP contribution is -2.17. The van der Waals surface area contributed by atoms with Crippen molar-refractivity contribution in [1.82, 2.24) is 4.98 Å². The quantitative estimate of drug-likeness (QED) is 0.486. The molecule has 2 aliphatic rings. The fourth-order valence-corrected chi connectivity index (χ4v) is 4.56. The highest BCUT2D eigenvalue weighted by molar-refractivity contribution is 6.41. The second kappa shape index (κ2) is 9.24. The molecule has 0 radical (unpaired) electrons. The number of hydrogen-bond donors (Lipinski definition) is 0. The van der Waals surface area contributed by atoms with Crippen molar-refractivity contribution in [3.63, 3.8) is 0 Å². The lowest BCUT2D eigenvalue weighted by molar-refractivity contribution is 0.0593. The fraction of sp³-hybridized carbons (Fsp3) is 0.259. The molecule has 1 aromatic heterocycles. The van der Waals surface area contributed by atoms with E-state index in [-0.39, 0.29) is 5.78 Å². The van der Waals surface area contributed by atoms with Crippen LogP contribution < -0.4 is 4.74 Å². The Morgan fingerprint density at radius 2 is 1.73 bits per heavy atom. The summed E-state index contributed by atoms with van der Waals surface area (Å²) >= 11 is 0. The Bertz CT molecular complexity index is 1200. The summed E-state index contributed by atoms with van der Waals surface area (Å²) in [7, 11) is 0. The van der Waals surface area contributed by atoms with E-state index in [9.17, 15) is 13.6 Å². The maximum Gasteiger partial charge on any atom is 0.195 e. The van der Waals surface area contributed by atoms with Crippen molar-refractivity contribution in [3.05, 3.63) is 94.8 Å². The third kappa shape index (κ3) is 4.44. The van der Waals surface area contributed by atoms with Gasteiger partial charge in [-0.15, -0.1) is 0 Å². The first-order chi connectivity index (χ1) is 16.1. The molecule has 0 atom stereocenters. The number of aromatic nitrogens is 1. The molecular weight excluding hydrogens is 424 g/mol. The van der Waals surface area contributed by atoms with E-state index in [1.54, 1.807) is 42.7 Å². The molecule has 1 fully saturated rings. The van der Waals surface area contributed by atoms with Crippen LogP contribution >= 0.6 is 0 Å². The van der Waals surface area contributed by atoms with Crippen LogP contribution in [0.5, 0.6) is 5.75 Å². The largest absolute Gasteiger partial charge is 0.494 e. The van der Waals surface area contributed by atoms with E-state index in [1.807, 2.05) is 0 Å². The Hall–Kier alpha value is -3.38. The Labute approximate surface area is 190 Å². The van der Waals surface area contributed by atoms with Crippen molar-refractivity contribution in [1.29, 1.82) is 0 Å². The summed E-state index contributed by atoms with van der Waals surface area (Å²) in [6.45, 7) is 2.15. The second-order valence-electron chi connectivity index (χ2n) is 8.38. The predicted molar refractivity (Wildman–Crippen MR) is 121 cm³/mol. The van der Waals surface area contributed by atoms with Crippen molar-refractivity contribution in [2.75, 3.05) is 19.8 Å². The molecular formula is C27H23F2NO3. The van der Waals surface area contributed by atoms with Crippen molar-refractivity contribution < 1.29 is 23.0 Å². The molecule has 0 amide bonds. The maximum atomic E-state index is 14.1. The highest BCUT2D eigenvalue weighted by Gasteiger charge is 2.32. The molecule has 168 valence electrons. The van der Waals surface area contributed by atoms with Gasteiger partial charge in [0.05, 0.1) is 6.61 Å². The molecule has 1 saturated heterocycles. The van der Waals surface area contributed by atoms with Crippen LogP contribution in [0.3, 0.4) is 0 Å². The minimum Gasteiger partial charge on any atom is -0.494 e. The first-order valence-corrected chi connectivity index (χ1v) is 11.1. The number of pyridine rings is 1. The highest BCUT2D eigenvalue weighted by Crippen LogP contribution is 2.43. The van der Waals surface area contributed by atoms with Gasteiger partial charge in [0.2, 0.25) is 0 Å². The molecule has 2 aromatic carbocycles. The third-order valence-corrected chi connectivity index (χ3v) is 6.22. The molecule has 0 spiro atoms. The number of benzene rings is 2. The van der Waals surface area contributed by atoms with E-state index in [4.69, 9.17) is 9.47 Å². The van der Waals surface area contributed by atoms with Crippen molar-refractivity contribution in [2.45, 2.75) is 19.3 Å². The van der Waals surface area contributed by atoms with Crippen LogP contribution in [-0.2, 0) is 4.74 Å². The molecule has 0 bridgehead atoms. The van der Waals surface area contributed by atoms with Crippen LogP contribution in [0.25, 0.3) is 11.1 Å². The highest BCUT2D eigenvalue weighted by atomic mass is 19.1. The summed E-state index contributed by atoms with van der Waals surface area (Å²) < 4.78 is 39.5. The Morgan fingerprint density at radius 3 is 2.45 bits per heavy atom. The predicted octanol–water partition coefficient (Wildman–Crippen LogP) is 5.71. The lowest BCUT2D eigenvalue weighted by Gasteiger charge is -2.21. The molecule has 0 saturated carbocycles. The van der Waals surface area contributed by atoms with Gasteiger partial charge in [0.15, 0.2) is 5.78 Å². The number of hydrogen-bond acceptors (Lipinski definition) is 4. The number of carbonyl (C=O) groups excluding carboxylic acids is 1. The summed E-state index contributed by atoms with van der Waals surface area (Å²) in [5, 5.41) is 0. The summed E-state index contributed by atoms with van der Waals surface area (Å²) in [5.41, 5.74) is 2.86. The van der Waals surface area contributed by atoms with Gasteiger partial charge in [-0.1, -0.05) is 6.07 Å². The number of Topliss-reactive ketones (excluding diaryl/α,β-unsaturated/α-hetero) is 1. The molecule has 4 nitrogen and oxygen atoms in total. The normalized spacial score (nSPS) is 16.2. The number of rotatable bonds is 6. The average Bonchev–Trinajstić information content (AvgIpc) is 3.12. The van der Waals surface area contributed by atoms with E-state index in [2.05, 4.69) is 4.98 Å². The van der Waals surface area contributed by atoms with Crippen molar-refractivity contribution >= 4 is 16.9 Å². The number of halogens is 2. The number of fused-ring (bicyclic) bond motifs is 1. The topological polar surface area (TPSA) is 48.4 Å². The second-order valence-corrected chi connectivity index (χ2v) is 8.38. The Balaban J connectivity index is 1.48. The number of allylic oxidation sites excluding steroid dienone is 1. The van der Waals surface area contributed by atoms with Crippen molar-refractivity contribution in [2.24, 2.45) is 5.92 Å². The number of ether oxygens (including phenoxy) is 2. The maximum absolute atomic E-state index is 14.1. The molecule has 6 heteroatoms. The van der Waals surface area contributed by atoms with Gasteiger partial charge in [-0.25, -0.2) is 8.78 Å². The molecule has 2 heterocycles. The fourth-order valence-electron chi connectivity index (χ4n) is 4.56. The van der Waals surface area contributed by atoms with Gasteiger partial charge in [-0.3, -0.25) is 9.78 Å². The molecule has 1 aliphatic heterocycles. The minimum absolute atomic E-state index is 0.215. The van der Waals surface area contributed by atoms with Gasteiger partial charge in [0, 0.05) is 53.9 Å². The Kier molecular flexibility index (Phi) is 6.01. The average molecular weight is 447 g/mol. The van der Waals surface area contributed by atoms with Gasteiger partial charge in [0.1, 0.15) is 17.4 Å². The zero-order chi connectivity index (χ0) is 22.8. The van der Waals surface area contributed by atoms with Crippen LogP contribution in [0.4, 0.5) is 8.78 Å². The SMILES string of the molecule is O=C1C(c2cccnc2)=C(c2cc(F)cc(F)c2)c2ccc(OCCC3CCOCC3)cc21. The van der Waals surface area contributed by atoms with E-state index < -0.39 is 11.6 Å². The van der Waals surface area contributed by atoms with E-state index in [0.717, 1.165) is 38.5 Å². The van der Waals surface area contributed by atoms with Crippen LogP contribution in [0.1, 0.15) is 46.3 Å². The molecule has 0 N–H and O–H groups in total. The number of nitrogens with zero attached hydrogens (tertiary/aromatic N) is 1. The monoisotopic (exact) mass is 447 g/mol. The van der Waals surface area contributed by atoms with E-state index >= 15 is 0 Å². The van der Waals surface area contributed by atoms with Gasteiger partial charge >= 0.3 is 0 Å². The van der Waals surface area contributed by atoms with Crippen molar-refractivity contribution in [3.8, 4) is 5.75 Å². The van der Waals surface area contributed by atoms with Gasteiger partial charge in [0.25, 0.3) is 0 Å². The van der Waals surface area contributed by atoms with Gasteiger partial charge < -0.3 is 9.47 Å². The molecule has 0 unspecified atom stereocenters. The van der Waals surface area contributed by atoms with Crippen LogP contribution in [0.15, 0.2) is 60.9 Å².